The lowest BCUT2D eigenvalue weighted by atomic mass is 9.86. The summed E-state index contributed by atoms with van der Waals surface area (Å²) in [5.74, 6) is 2.02. The number of nitrogens with zero attached hydrogens (tertiary/aromatic N) is 4. The minimum Gasteiger partial charge on any atom is -0.492 e. The van der Waals surface area contributed by atoms with Crippen LogP contribution in [0.1, 0.15) is 19.4 Å². The molecule has 142 valence electrons. The standard InChI is InChI=1S/C20H19N5O3/c1-20(2)11-27-14-5-4-6-15(17(14)20)28-16-8-7-12(9-21-16)25-18-13(22-19(25)26)10-24(3)23-18/h4-10H,11H2,1-3H3,(H,22,26). The second-order valence-corrected chi connectivity index (χ2v) is 7.56. The van der Waals surface area contributed by atoms with Gasteiger partial charge in [0, 0.05) is 24.1 Å². The van der Waals surface area contributed by atoms with Crippen LogP contribution in [0.2, 0.25) is 0 Å². The monoisotopic (exact) mass is 377 g/mol. The van der Waals surface area contributed by atoms with Crippen LogP contribution in [0.4, 0.5) is 0 Å². The van der Waals surface area contributed by atoms with Crippen LogP contribution in [-0.4, -0.2) is 30.9 Å². The van der Waals surface area contributed by atoms with Crippen LogP contribution in [0.5, 0.6) is 17.4 Å². The van der Waals surface area contributed by atoms with E-state index in [9.17, 15) is 4.79 Å². The fraction of sp³-hybridized carbons (Fsp3) is 0.250. The molecule has 0 bridgehead atoms. The smallest absolute Gasteiger partial charge is 0.332 e. The molecule has 0 fully saturated rings. The largest absolute Gasteiger partial charge is 0.492 e. The van der Waals surface area contributed by atoms with E-state index in [0.717, 1.165) is 17.1 Å². The van der Waals surface area contributed by atoms with Gasteiger partial charge in [-0.1, -0.05) is 19.9 Å². The van der Waals surface area contributed by atoms with Gasteiger partial charge in [-0.3, -0.25) is 4.68 Å². The Balaban J connectivity index is 1.50. The maximum atomic E-state index is 12.3. The van der Waals surface area contributed by atoms with Gasteiger partial charge in [0.25, 0.3) is 0 Å². The van der Waals surface area contributed by atoms with Crippen LogP contribution in [-0.2, 0) is 12.5 Å². The zero-order valence-electron chi connectivity index (χ0n) is 15.8. The highest BCUT2D eigenvalue weighted by Gasteiger charge is 2.35. The fourth-order valence-corrected chi connectivity index (χ4v) is 3.63. The summed E-state index contributed by atoms with van der Waals surface area (Å²) in [5.41, 5.74) is 2.50. The van der Waals surface area contributed by atoms with Gasteiger partial charge in [-0.15, -0.1) is 0 Å². The molecule has 0 saturated carbocycles. The molecule has 0 aliphatic carbocycles. The highest BCUT2D eigenvalue weighted by Crippen LogP contribution is 2.45. The van der Waals surface area contributed by atoms with Crippen molar-refractivity contribution >= 4 is 11.2 Å². The number of hydrogen-bond acceptors (Lipinski definition) is 5. The van der Waals surface area contributed by atoms with Gasteiger partial charge in [0.1, 0.15) is 17.0 Å². The first kappa shape index (κ1) is 16.6. The van der Waals surface area contributed by atoms with Crippen LogP contribution in [0, 0.1) is 0 Å². The second kappa shape index (κ2) is 5.72. The van der Waals surface area contributed by atoms with Crippen molar-refractivity contribution in [3.8, 4) is 23.1 Å². The Morgan fingerprint density at radius 3 is 2.89 bits per heavy atom. The number of aromatic nitrogens is 5. The van der Waals surface area contributed by atoms with Crippen molar-refractivity contribution in [3.63, 3.8) is 0 Å². The normalized spacial score (nSPS) is 14.8. The van der Waals surface area contributed by atoms with Crippen molar-refractivity contribution in [2.24, 2.45) is 7.05 Å². The minimum absolute atomic E-state index is 0.130. The van der Waals surface area contributed by atoms with Crippen LogP contribution >= 0.6 is 0 Å². The maximum absolute atomic E-state index is 12.3. The second-order valence-electron chi connectivity index (χ2n) is 7.56. The molecule has 28 heavy (non-hydrogen) atoms. The zero-order chi connectivity index (χ0) is 19.5. The van der Waals surface area contributed by atoms with Crippen molar-refractivity contribution in [1.29, 1.82) is 0 Å². The lowest BCUT2D eigenvalue weighted by Crippen LogP contribution is -2.19. The molecule has 5 rings (SSSR count). The Bertz CT molecular complexity index is 1250. The number of aryl methyl sites for hydroxylation is 1. The summed E-state index contributed by atoms with van der Waals surface area (Å²) in [6, 6.07) is 9.30. The van der Waals surface area contributed by atoms with Crippen LogP contribution in [0.25, 0.3) is 16.9 Å². The van der Waals surface area contributed by atoms with E-state index in [-0.39, 0.29) is 11.1 Å². The van der Waals surface area contributed by atoms with Gasteiger partial charge in [-0.05, 0) is 18.2 Å². The van der Waals surface area contributed by atoms with Crippen LogP contribution in [0.3, 0.4) is 0 Å². The SMILES string of the molecule is Cn1cc2[nH]c(=O)n(-c3ccc(Oc4cccc5c4C(C)(C)CO5)nc3)c2n1. The molecule has 1 aliphatic heterocycles. The first-order valence-electron chi connectivity index (χ1n) is 8.97. The first-order valence-corrected chi connectivity index (χ1v) is 8.97. The molecule has 4 heterocycles. The Kier molecular flexibility index (Phi) is 3.39. The molecule has 0 radical (unpaired) electrons. The topological polar surface area (TPSA) is 87.0 Å². The molecule has 1 N–H and O–H groups in total. The van der Waals surface area contributed by atoms with Crippen LogP contribution in [0.15, 0.2) is 47.5 Å². The number of imidazole rings is 1. The molecule has 0 amide bonds. The van der Waals surface area contributed by atoms with Crippen molar-refractivity contribution in [2.45, 2.75) is 19.3 Å². The predicted octanol–water partition coefficient (Wildman–Crippen LogP) is 2.91. The van der Waals surface area contributed by atoms with E-state index >= 15 is 0 Å². The number of fused-ring (bicyclic) bond motifs is 2. The molecular formula is C20H19N5O3. The number of H-pyrrole nitrogens is 1. The summed E-state index contributed by atoms with van der Waals surface area (Å²) in [6.07, 6.45) is 3.36. The third-order valence-corrected chi connectivity index (χ3v) is 4.91. The quantitative estimate of drug-likeness (QED) is 0.593. The number of benzene rings is 1. The number of hydrogen-bond donors (Lipinski definition) is 1. The van der Waals surface area contributed by atoms with E-state index in [4.69, 9.17) is 9.47 Å². The molecule has 0 saturated heterocycles. The molecule has 3 aromatic heterocycles. The molecule has 4 aromatic rings. The number of aromatic amines is 1. The summed E-state index contributed by atoms with van der Waals surface area (Å²) in [4.78, 5) is 19.4. The van der Waals surface area contributed by atoms with Gasteiger partial charge in [-0.2, -0.15) is 5.10 Å². The van der Waals surface area contributed by atoms with E-state index < -0.39 is 0 Å². The van der Waals surface area contributed by atoms with Gasteiger partial charge in [0.15, 0.2) is 5.65 Å². The van der Waals surface area contributed by atoms with Gasteiger partial charge < -0.3 is 14.5 Å². The maximum Gasteiger partial charge on any atom is 0.332 e. The number of rotatable bonds is 3. The molecule has 1 aromatic carbocycles. The molecule has 0 spiro atoms. The zero-order valence-corrected chi connectivity index (χ0v) is 15.8. The van der Waals surface area contributed by atoms with Crippen molar-refractivity contribution in [3.05, 3.63) is 58.8 Å². The minimum atomic E-state index is -0.256. The highest BCUT2D eigenvalue weighted by molar-refractivity contribution is 5.72. The van der Waals surface area contributed by atoms with E-state index in [2.05, 4.69) is 28.9 Å². The molecule has 0 unspecified atom stereocenters. The van der Waals surface area contributed by atoms with E-state index in [1.807, 2.05) is 18.2 Å². The Morgan fingerprint density at radius 1 is 1.25 bits per heavy atom. The van der Waals surface area contributed by atoms with Crippen molar-refractivity contribution < 1.29 is 9.47 Å². The average Bonchev–Trinajstić information content (AvgIpc) is 3.26. The van der Waals surface area contributed by atoms with Gasteiger partial charge in [0.05, 0.1) is 24.7 Å². The molecule has 0 atom stereocenters. The molecule has 8 nitrogen and oxygen atoms in total. The average molecular weight is 377 g/mol. The number of ether oxygens (including phenoxy) is 2. The summed E-state index contributed by atoms with van der Waals surface area (Å²) in [7, 11) is 1.81. The highest BCUT2D eigenvalue weighted by atomic mass is 16.5. The van der Waals surface area contributed by atoms with Crippen molar-refractivity contribution in [1.82, 2.24) is 24.3 Å². The molecule has 8 heteroatoms. The van der Waals surface area contributed by atoms with Gasteiger partial charge in [0.2, 0.25) is 5.88 Å². The summed E-state index contributed by atoms with van der Waals surface area (Å²) in [5, 5.41) is 4.33. The summed E-state index contributed by atoms with van der Waals surface area (Å²) in [6.45, 7) is 4.86. The van der Waals surface area contributed by atoms with Gasteiger partial charge >= 0.3 is 5.69 Å². The first-order chi connectivity index (χ1) is 13.4. The summed E-state index contributed by atoms with van der Waals surface area (Å²) >= 11 is 0. The van der Waals surface area contributed by atoms with Crippen LogP contribution < -0.4 is 15.2 Å². The fourth-order valence-electron chi connectivity index (χ4n) is 3.63. The Morgan fingerprint density at radius 2 is 2.11 bits per heavy atom. The Hall–Kier alpha value is -3.55. The number of nitrogens with one attached hydrogen (secondary N) is 1. The molecular weight excluding hydrogens is 358 g/mol. The number of pyridine rings is 1. The third kappa shape index (κ3) is 2.49. The lowest BCUT2D eigenvalue weighted by Gasteiger charge is -2.18. The lowest BCUT2D eigenvalue weighted by molar-refractivity contribution is 0.290. The molecule has 1 aliphatic rings. The third-order valence-electron chi connectivity index (χ3n) is 4.91. The predicted molar refractivity (Wildman–Crippen MR) is 103 cm³/mol. The van der Waals surface area contributed by atoms with E-state index in [1.54, 1.807) is 36.3 Å². The van der Waals surface area contributed by atoms with E-state index in [0.29, 0.717) is 29.3 Å². The van der Waals surface area contributed by atoms with E-state index in [1.165, 1.54) is 4.57 Å². The van der Waals surface area contributed by atoms with Gasteiger partial charge in [-0.25, -0.2) is 14.3 Å². The van der Waals surface area contributed by atoms with Crippen molar-refractivity contribution in [2.75, 3.05) is 6.61 Å². The summed E-state index contributed by atoms with van der Waals surface area (Å²) < 4.78 is 15.0. The Labute approximate surface area is 160 Å².